The first-order valence-electron chi connectivity index (χ1n) is 4.77. The van der Waals surface area contributed by atoms with Gasteiger partial charge in [-0.25, -0.2) is 4.79 Å². The largest absolute Gasteiger partial charge is 0.478 e. The molecule has 1 unspecified atom stereocenters. The molecule has 3 nitrogen and oxygen atoms in total. The van der Waals surface area contributed by atoms with Crippen LogP contribution in [0.4, 0.5) is 13.2 Å². The summed E-state index contributed by atoms with van der Waals surface area (Å²) in [7, 11) is 1.14. The van der Waals surface area contributed by atoms with E-state index < -0.39 is 29.6 Å². The monoisotopic (exact) mass is 248 g/mol. The van der Waals surface area contributed by atoms with Gasteiger partial charge in [0.1, 0.15) is 5.75 Å². The van der Waals surface area contributed by atoms with Crippen LogP contribution in [0.1, 0.15) is 12.5 Å². The lowest BCUT2D eigenvalue weighted by atomic mass is 10.2. The highest BCUT2D eigenvalue weighted by Crippen LogP contribution is 2.36. The molecule has 1 aromatic carbocycles. The summed E-state index contributed by atoms with van der Waals surface area (Å²) in [4.78, 5) is 11.0. The lowest BCUT2D eigenvalue weighted by molar-refractivity contribution is -0.150. The number of rotatable bonds is 3. The molecule has 0 amide bonds. The van der Waals surface area contributed by atoms with Crippen molar-refractivity contribution >= 4 is 5.97 Å². The van der Waals surface area contributed by atoms with Gasteiger partial charge < -0.3 is 9.47 Å². The summed E-state index contributed by atoms with van der Waals surface area (Å²) in [6, 6.07) is 4.69. The number of esters is 1. The van der Waals surface area contributed by atoms with E-state index in [0.29, 0.717) is 0 Å². The van der Waals surface area contributed by atoms with Gasteiger partial charge >= 0.3 is 12.1 Å². The summed E-state index contributed by atoms with van der Waals surface area (Å²) in [5.74, 6) is -1.13. The van der Waals surface area contributed by atoms with Gasteiger partial charge in [-0.05, 0) is 19.1 Å². The SMILES string of the molecule is COC(=O)C(C)Oc1ccccc1C(F)(F)F. The lowest BCUT2D eigenvalue weighted by Crippen LogP contribution is -2.26. The van der Waals surface area contributed by atoms with Crippen LogP contribution in [-0.2, 0) is 15.7 Å². The number of carbonyl (C=O) groups excluding carboxylic acids is 1. The van der Waals surface area contributed by atoms with Crippen LogP contribution in [0.2, 0.25) is 0 Å². The van der Waals surface area contributed by atoms with E-state index in [1.807, 2.05) is 0 Å². The fourth-order valence-corrected chi connectivity index (χ4v) is 1.21. The number of para-hydroxylation sites is 1. The van der Waals surface area contributed by atoms with Crippen LogP contribution in [-0.4, -0.2) is 19.2 Å². The Morgan fingerprint density at radius 2 is 1.88 bits per heavy atom. The Balaban J connectivity index is 2.95. The molecule has 0 radical (unpaired) electrons. The lowest BCUT2D eigenvalue weighted by Gasteiger charge is -2.16. The Labute approximate surface area is 96.1 Å². The number of ether oxygens (including phenoxy) is 2. The van der Waals surface area contributed by atoms with E-state index in [0.717, 1.165) is 19.2 Å². The van der Waals surface area contributed by atoms with Gasteiger partial charge in [0.15, 0.2) is 6.10 Å². The maximum absolute atomic E-state index is 12.6. The predicted octanol–water partition coefficient (Wildman–Crippen LogP) is 2.65. The van der Waals surface area contributed by atoms with Crippen molar-refractivity contribution in [2.75, 3.05) is 7.11 Å². The number of methoxy groups -OCH3 is 1. The average molecular weight is 248 g/mol. The quantitative estimate of drug-likeness (QED) is 0.771. The van der Waals surface area contributed by atoms with Gasteiger partial charge in [-0.2, -0.15) is 13.2 Å². The van der Waals surface area contributed by atoms with Crippen molar-refractivity contribution in [1.29, 1.82) is 0 Å². The van der Waals surface area contributed by atoms with Crippen LogP contribution < -0.4 is 4.74 Å². The number of hydrogen-bond donors (Lipinski definition) is 0. The van der Waals surface area contributed by atoms with Crippen molar-refractivity contribution in [3.05, 3.63) is 29.8 Å². The maximum Gasteiger partial charge on any atom is 0.419 e. The van der Waals surface area contributed by atoms with E-state index in [1.165, 1.54) is 19.1 Å². The van der Waals surface area contributed by atoms with Crippen LogP contribution in [0.5, 0.6) is 5.75 Å². The molecule has 94 valence electrons. The van der Waals surface area contributed by atoms with Crippen molar-refractivity contribution in [1.82, 2.24) is 0 Å². The minimum absolute atomic E-state index is 0.391. The summed E-state index contributed by atoms with van der Waals surface area (Å²) in [5.41, 5.74) is -0.921. The molecule has 0 spiro atoms. The zero-order chi connectivity index (χ0) is 13.1. The zero-order valence-electron chi connectivity index (χ0n) is 9.25. The molecular weight excluding hydrogens is 237 g/mol. The first-order valence-corrected chi connectivity index (χ1v) is 4.77. The average Bonchev–Trinajstić information content (AvgIpc) is 2.27. The van der Waals surface area contributed by atoms with Crippen LogP contribution in [0, 0.1) is 0 Å². The highest BCUT2D eigenvalue weighted by molar-refractivity contribution is 5.74. The summed E-state index contributed by atoms with van der Waals surface area (Å²) >= 11 is 0. The van der Waals surface area contributed by atoms with Crippen LogP contribution in [0.15, 0.2) is 24.3 Å². The van der Waals surface area contributed by atoms with E-state index in [2.05, 4.69) is 4.74 Å². The normalized spacial score (nSPS) is 13.0. The maximum atomic E-state index is 12.6. The zero-order valence-corrected chi connectivity index (χ0v) is 9.25. The summed E-state index contributed by atoms with van der Waals surface area (Å²) in [6.07, 6.45) is -5.62. The van der Waals surface area contributed by atoms with Crippen molar-refractivity contribution in [2.45, 2.75) is 19.2 Å². The third-order valence-electron chi connectivity index (χ3n) is 2.03. The van der Waals surface area contributed by atoms with Gasteiger partial charge in [-0.3, -0.25) is 0 Å². The first-order chi connectivity index (χ1) is 7.86. The molecule has 0 saturated carbocycles. The fourth-order valence-electron chi connectivity index (χ4n) is 1.21. The molecule has 17 heavy (non-hydrogen) atoms. The second-order valence-corrected chi connectivity index (χ2v) is 3.28. The summed E-state index contributed by atoms with van der Waals surface area (Å²) < 4.78 is 47.1. The number of alkyl halides is 3. The second-order valence-electron chi connectivity index (χ2n) is 3.28. The molecule has 1 atom stereocenters. The minimum atomic E-state index is -4.52. The Morgan fingerprint density at radius 3 is 2.41 bits per heavy atom. The molecule has 0 aliphatic carbocycles. The fraction of sp³-hybridized carbons (Fsp3) is 0.364. The van der Waals surface area contributed by atoms with Gasteiger partial charge in [-0.15, -0.1) is 0 Å². The Bertz CT molecular complexity index is 401. The van der Waals surface area contributed by atoms with Gasteiger partial charge in [0.25, 0.3) is 0 Å². The van der Waals surface area contributed by atoms with E-state index in [-0.39, 0.29) is 0 Å². The molecule has 1 rings (SSSR count). The van der Waals surface area contributed by atoms with E-state index in [1.54, 1.807) is 0 Å². The Morgan fingerprint density at radius 1 is 1.29 bits per heavy atom. The van der Waals surface area contributed by atoms with Gasteiger partial charge in [0, 0.05) is 0 Å². The number of benzene rings is 1. The molecule has 0 saturated heterocycles. The van der Waals surface area contributed by atoms with E-state index in [4.69, 9.17) is 4.74 Å². The molecule has 0 aliphatic heterocycles. The standard InChI is InChI=1S/C11H11F3O3/c1-7(10(15)16-2)17-9-6-4-3-5-8(9)11(12,13)14/h3-7H,1-2H3. The molecule has 0 fully saturated rings. The van der Waals surface area contributed by atoms with E-state index >= 15 is 0 Å². The van der Waals surface area contributed by atoms with Crippen LogP contribution in [0.25, 0.3) is 0 Å². The third kappa shape index (κ3) is 3.37. The molecule has 0 heterocycles. The van der Waals surface area contributed by atoms with Gasteiger partial charge in [-0.1, -0.05) is 12.1 Å². The number of halogens is 3. The van der Waals surface area contributed by atoms with Gasteiger partial charge in [0.05, 0.1) is 12.7 Å². The third-order valence-corrected chi connectivity index (χ3v) is 2.03. The molecule has 0 aromatic heterocycles. The van der Waals surface area contributed by atoms with Crippen molar-refractivity contribution in [3.63, 3.8) is 0 Å². The van der Waals surface area contributed by atoms with Crippen molar-refractivity contribution in [3.8, 4) is 5.75 Å². The minimum Gasteiger partial charge on any atom is -0.478 e. The van der Waals surface area contributed by atoms with Crippen LogP contribution in [0.3, 0.4) is 0 Å². The van der Waals surface area contributed by atoms with E-state index in [9.17, 15) is 18.0 Å². The molecule has 0 N–H and O–H groups in total. The molecular formula is C11H11F3O3. The smallest absolute Gasteiger partial charge is 0.419 e. The predicted molar refractivity (Wildman–Crippen MR) is 53.6 cm³/mol. The number of hydrogen-bond acceptors (Lipinski definition) is 3. The Hall–Kier alpha value is -1.72. The van der Waals surface area contributed by atoms with Crippen LogP contribution >= 0.6 is 0 Å². The van der Waals surface area contributed by atoms with Crippen molar-refractivity contribution in [2.24, 2.45) is 0 Å². The highest BCUT2D eigenvalue weighted by atomic mass is 19.4. The molecule has 0 bridgehead atoms. The second kappa shape index (κ2) is 5.07. The van der Waals surface area contributed by atoms with Gasteiger partial charge in [0.2, 0.25) is 0 Å². The topological polar surface area (TPSA) is 35.5 Å². The molecule has 1 aromatic rings. The Kier molecular flexibility index (Phi) is 3.98. The summed E-state index contributed by atoms with van der Waals surface area (Å²) in [6.45, 7) is 1.32. The highest BCUT2D eigenvalue weighted by Gasteiger charge is 2.34. The number of carbonyl (C=O) groups is 1. The first kappa shape index (κ1) is 13.3. The van der Waals surface area contributed by atoms with Crippen molar-refractivity contribution < 1.29 is 27.4 Å². The molecule has 6 heteroatoms. The summed E-state index contributed by atoms with van der Waals surface area (Å²) in [5, 5.41) is 0. The molecule has 0 aliphatic rings.